The molecule has 0 radical (unpaired) electrons. The first-order chi connectivity index (χ1) is 16.4. The molecule has 7 heteroatoms. The van der Waals surface area contributed by atoms with Gasteiger partial charge in [0.2, 0.25) is 0 Å². The van der Waals surface area contributed by atoms with E-state index in [2.05, 4.69) is 21.5 Å². The Bertz CT molecular complexity index is 1670. The number of rotatable bonds is 4. The summed E-state index contributed by atoms with van der Waals surface area (Å²) in [5.74, 6) is 0.541. The fourth-order valence-corrected chi connectivity index (χ4v) is 4.38. The third kappa shape index (κ3) is 3.59. The van der Waals surface area contributed by atoms with Gasteiger partial charge in [0.15, 0.2) is 11.1 Å². The molecule has 1 unspecified atom stereocenters. The number of aryl methyl sites for hydroxylation is 2. The number of nitrogens with zero attached hydrogens (tertiary/aromatic N) is 4. The molecular weight excluding hydrogens is 426 g/mol. The molecule has 3 heterocycles. The van der Waals surface area contributed by atoms with Crippen molar-refractivity contribution in [1.29, 1.82) is 5.26 Å². The van der Waals surface area contributed by atoms with Crippen molar-refractivity contribution in [3.8, 4) is 17.4 Å². The highest BCUT2D eigenvalue weighted by atomic mass is 16.3. The predicted octanol–water partition coefficient (Wildman–Crippen LogP) is 5.40. The fraction of sp³-hybridized carbons (Fsp3) is 0.185. The Balaban J connectivity index is 1.69. The maximum Gasteiger partial charge on any atom is 0.196 e. The average molecular weight is 450 g/mol. The summed E-state index contributed by atoms with van der Waals surface area (Å²) >= 11 is 0. The number of pyridine rings is 1. The number of hydrogen-bond acceptors (Lipinski definition) is 6. The van der Waals surface area contributed by atoms with E-state index in [-0.39, 0.29) is 11.5 Å². The molecule has 0 aliphatic rings. The molecule has 1 atom stereocenters. The Morgan fingerprint density at radius 3 is 2.79 bits per heavy atom. The van der Waals surface area contributed by atoms with Crippen LogP contribution in [0.15, 0.2) is 64.1 Å². The molecule has 0 saturated heterocycles. The van der Waals surface area contributed by atoms with Gasteiger partial charge in [0.1, 0.15) is 17.4 Å². The summed E-state index contributed by atoms with van der Waals surface area (Å²) in [6.45, 7) is 5.73. The van der Waals surface area contributed by atoms with Gasteiger partial charge in [-0.2, -0.15) is 10.4 Å². The molecule has 0 spiro atoms. The van der Waals surface area contributed by atoms with Crippen molar-refractivity contribution >= 4 is 27.6 Å². The minimum absolute atomic E-state index is 0.0567. The molecular formula is C27H23N5O2. The smallest absolute Gasteiger partial charge is 0.196 e. The van der Waals surface area contributed by atoms with Crippen LogP contribution in [-0.4, -0.2) is 14.8 Å². The molecule has 0 aliphatic carbocycles. The van der Waals surface area contributed by atoms with Crippen molar-refractivity contribution in [3.63, 3.8) is 0 Å². The number of fused-ring (bicyclic) bond motifs is 2. The van der Waals surface area contributed by atoms with E-state index in [0.29, 0.717) is 33.7 Å². The summed E-state index contributed by atoms with van der Waals surface area (Å²) in [7, 11) is 1.88. The largest absolute Gasteiger partial charge is 0.455 e. The van der Waals surface area contributed by atoms with Crippen LogP contribution in [0.3, 0.4) is 0 Å². The highest BCUT2D eigenvalue weighted by Crippen LogP contribution is 2.33. The van der Waals surface area contributed by atoms with Gasteiger partial charge >= 0.3 is 0 Å². The van der Waals surface area contributed by atoms with Crippen molar-refractivity contribution < 1.29 is 4.42 Å². The number of nitrogens with one attached hydrogen (secondary N) is 1. The van der Waals surface area contributed by atoms with Crippen LogP contribution in [0.2, 0.25) is 0 Å². The van der Waals surface area contributed by atoms with E-state index in [1.54, 1.807) is 23.9 Å². The molecule has 7 nitrogen and oxygen atoms in total. The first-order valence-corrected chi connectivity index (χ1v) is 11.0. The third-order valence-electron chi connectivity index (χ3n) is 6.03. The van der Waals surface area contributed by atoms with E-state index in [0.717, 1.165) is 27.6 Å². The number of benzene rings is 2. The second-order valence-electron chi connectivity index (χ2n) is 8.57. The van der Waals surface area contributed by atoms with Crippen molar-refractivity contribution in [2.24, 2.45) is 7.05 Å². The van der Waals surface area contributed by atoms with Crippen LogP contribution in [0.1, 0.15) is 35.3 Å². The number of aromatic nitrogens is 3. The molecule has 1 N–H and O–H groups in total. The average Bonchev–Trinajstić information content (AvgIpc) is 3.20. The molecule has 5 aromatic rings. The van der Waals surface area contributed by atoms with Crippen LogP contribution < -0.4 is 10.7 Å². The number of anilines is 1. The molecule has 0 fully saturated rings. The van der Waals surface area contributed by atoms with Gasteiger partial charge in [-0.3, -0.25) is 9.48 Å². The molecule has 5 rings (SSSR count). The summed E-state index contributed by atoms with van der Waals surface area (Å²) in [6.07, 6.45) is 3.53. The zero-order valence-electron chi connectivity index (χ0n) is 19.4. The molecule has 0 bridgehead atoms. The fourth-order valence-electron chi connectivity index (χ4n) is 4.38. The maximum absolute atomic E-state index is 13.4. The Morgan fingerprint density at radius 1 is 1.18 bits per heavy atom. The van der Waals surface area contributed by atoms with Crippen molar-refractivity contribution in [3.05, 3.63) is 87.5 Å². The van der Waals surface area contributed by atoms with Gasteiger partial charge in [-0.15, -0.1) is 0 Å². The van der Waals surface area contributed by atoms with Gasteiger partial charge in [-0.25, -0.2) is 4.98 Å². The van der Waals surface area contributed by atoms with Gasteiger partial charge in [-0.1, -0.05) is 6.07 Å². The highest BCUT2D eigenvalue weighted by Gasteiger charge is 2.20. The van der Waals surface area contributed by atoms with E-state index in [1.165, 1.54) is 0 Å². The van der Waals surface area contributed by atoms with Crippen LogP contribution in [0.4, 0.5) is 5.69 Å². The second-order valence-corrected chi connectivity index (χ2v) is 8.57. The normalized spacial score (nSPS) is 12.1. The van der Waals surface area contributed by atoms with E-state index in [4.69, 9.17) is 4.42 Å². The standard InChI is InChI=1S/C27H23N5O2/c1-15-10-20(17(3)30-23-6-5-9-29-24(23)13-28)27-21(11-15)25(33)16(2)26(34-27)18-7-8-22-19(12-18)14-32(4)31-22/h5-12,14,17,30H,1-4H3. The summed E-state index contributed by atoms with van der Waals surface area (Å²) in [6, 6.07) is 15.2. The number of nitriles is 1. The third-order valence-corrected chi connectivity index (χ3v) is 6.03. The molecule has 0 amide bonds. The van der Waals surface area contributed by atoms with Crippen molar-refractivity contribution in [2.45, 2.75) is 26.8 Å². The zero-order valence-corrected chi connectivity index (χ0v) is 19.4. The van der Waals surface area contributed by atoms with Gasteiger partial charge < -0.3 is 9.73 Å². The molecule has 0 saturated carbocycles. The SMILES string of the molecule is Cc1cc(C(C)Nc2cccnc2C#N)c2oc(-c3ccc4nn(C)cc4c3)c(C)c(=O)c2c1. The topological polar surface area (TPSA) is 96.7 Å². The van der Waals surface area contributed by atoms with Gasteiger partial charge in [0, 0.05) is 41.5 Å². The second kappa shape index (κ2) is 8.16. The Kier molecular flexibility index (Phi) is 5.14. The predicted molar refractivity (Wildman–Crippen MR) is 133 cm³/mol. The first-order valence-electron chi connectivity index (χ1n) is 11.0. The summed E-state index contributed by atoms with van der Waals surface area (Å²) in [5.41, 5.74) is 5.48. The number of hydrogen-bond donors (Lipinski definition) is 1. The van der Waals surface area contributed by atoms with Gasteiger partial charge in [0.05, 0.1) is 22.6 Å². The van der Waals surface area contributed by atoms with Crippen LogP contribution >= 0.6 is 0 Å². The molecule has 34 heavy (non-hydrogen) atoms. The van der Waals surface area contributed by atoms with E-state index in [9.17, 15) is 10.1 Å². The lowest BCUT2D eigenvalue weighted by molar-refractivity contribution is 0.605. The van der Waals surface area contributed by atoms with Crippen LogP contribution in [0, 0.1) is 25.2 Å². The van der Waals surface area contributed by atoms with Gasteiger partial charge in [0.25, 0.3) is 0 Å². The first kappa shape index (κ1) is 21.4. The Morgan fingerprint density at radius 2 is 2.00 bits per heavy atom. The van der Waals surface area contributed by atoms with Crippen LogP contribution in [0.5, 0.6) is 0 Å². The molecule has 168 valence electrons. The molecule has 2 aromatic carbocycles. The molecule has 3 aromatic heterocycles. The lowest BCUT2D eigenvalue weighted by Crippen LogP contribution is -2.13. The van der Waals surface area contributed by atoms with E-state index >= 15 is 0 Å². The quantitative estimate of drug-likeness (QED) is 0.394. The highest BCUT2D eigenvalue weighted by molar-refractivity contribution is 5.87. The minimum Gasteiger partial charge on any atom is -0.455 e. The van der Waals surface area contributed by atoms with E-state index in [1.807, 2.05) is 63.5 Å². The van der Waals surface area contributed by atoms with Crippen LogP contribution in [0.25, 0.3) is 33.2 Å². The van der Waals surface area contributed by atoms with Crippen molar-refractivity contribution in [2.75, 3.05) is 5.32 Å². The summed E-state index contributed by atoms with van der Waals surface area (Å²) < 4.78 is 8.23. The lowest BCUT2D eigenvalue weighted by atomic mass is 9.98. The Hall–Kier alpha value is -4.44. The lowest BCUT2D eigenvalue weighted by Gasteiger charge is -2.19. The van der Waals surface area contributed by atoms with E-state index < -0.39 is 0 Å². The Labute approximate surface area is 196 Å². The molecule has 0 aliphatic heterocycles. The summed E-state index contributed by atoms with van der Waals surface area (Å²) in [4.78, 5) is 17.6. The maximum atomic E-state index is 13.4. The van der Waals surface area contributed by atoms with Gasteiger partial charge in [-0.05, 0) is 62.7 Å². The minimum atomic E-state index is -0.238. The monoisotopic (exact) mass is 449 g/mol. The van der Waals surface area contributed by atoms with Crippen LogP contribution in [-0.2, 0) is 7.05 Å². The summed E-state index contributed by atoms with van der Waals surface area (Å²) in [5, 5.41) is 18.7. The zero-order chi connectivity index (χ0) is 24.0. The van der Waals surface area contributed by atoms with Crippen molar-refractivity contribution in [1.82, 2.24) is 14.8 Å².